The number of Topliss-reactive ketones (excluding diaryl/α,β-unsaturated/α-hetero) is 1. The third-order valence-corrected chi connectivity index (χ3v) is 3.05. The normalized spacial score (nSPS) is 11.5. The SMILES string of the molecule is Cn1[nH]c(C(F)(F)F)c(C(=O)COc2ccc(Cl)cc2)c1=O. The van der Waals surface area contributed by atoms with Crippen LogP contribution in [0.2, 0.25) is 5.02 Å². The monoisotopic (exact) mass is 334 g/mol. The Morgan fingerprint density at radius 2 is 1.91 bits per heavy atom. The maximum Gasteiger partial charge on any atom is 0.433 e. The zero-order valence-electron chi connectivity index (χ0n) is 11.2. The number of aryl methyl sites for hydroxylation is 1. The number of benzene rings is 1. The second-order valence-electron chi connectivity index (χ2n) is 4.39. The fraction of sp³-hybridized carbons (Fsp3) is 0.231. The van der Waals surface area contributed by atoms with Crippen molar-refractivity contribution in [1.29, 1.82) is 0 Å². The predicted octanol–water partition coefficient (Wildman–Crippen LogP) is 2.65. The summed E-state index contributed by atoms with van der Waals surface area (Å²) in [5.41, 5.74) is -3.41. The topological polar surface area (TPSA) is 64.1 Å². The van der Waals surface area contributed by atoms with Crippen molar-refractivity contribution in [3.8, 4) is 5.75 Å². The minimum Gasteiger partial charge on any atom is -0.485 e. The van der Waals surface area contributed by atoms with Crippen molar-refractivity contribution in [2.24, 2.45) is 7.05 Å². The van der Waals surface area contributed by atoms with E-state index in [0.29, 0.717) is 9.70 Å². The fourth-order valence-corrected chi connectivity index (χ4v) is 1.89. The Kier molecular flexibility index (Phi) is 4.32. The molecule has 1 aromatic carbocycles. The van der Waals surface area contributed by atoms with Crippen molar-refractivity contribution >= 4 is 17.4 Å². The number of rotatable bonds is 4. The minimum absolute atomic E-state index is 0.249. The van der Waals surface area contributed by atoms with Crippen LogP contribution in [0.3, 0.4) is 0 Å². The molecule has 0 unspecified atom stereocenters. The third-order valence-electron chi connectivity index (χ3n) is 2.79. The Hall–Kier alpha value is -2.22. The molecular formula is C13H10ClF3N2O3. The van der Waals surface area contributed by atoms with Crippen LogP contribution in [0.25, 0.3) is 0 Å². The van der Waals surface area contributed by atoms with E-state index in [-0.39, 0.29) is 5.75 Å². The van der Waals surface area contributed by atoms with E-state index in [4.69, 9.17) is 16.3 Å². The van der Waals surface area contributed by atoms with Crippen molar-refractivity contribution in [3.05, 3.63) is 50.9 Å². The summed E-state index contributed by atoms with van der Waals surface area (Å²) in [5.74, 6) is -0.817. The number of nitrogens with one attached hydrogen (secondary N) is 1. The van der Waals surface area contributed by atoms with E-state index >= 15 is 0 Å². The van der Waals surface area contributed by atoms with Gasteiger partial charge in [-0.05, 0) is 24.3 Å². The molecule has 2 rings (SSSR count). The van der Waals surface area contributed by atoms with Crippen LogP contribution in [-0.4, -0.2) is 22.2 Å². The number of alkyl halides is 3. The van der Waals surface area contributed by atoms with Gasteiger partial charge in [0.25, 0.3) is 5.56 Å². The molecule has 0 radical (unpaired) electrons. The first-order valence-corrected chi connectivity index (χ1v) is 6.35. The molecule has 0 saturated carbocycles. The highest BCUT2D eigenvalue weighted by Gasteiger charge is 2.39. The summed E-state index contributed by atoms with van der Waals surface area (Å²) in [5, 5.41) is 2.27. The van der Waals surface area contributed by atoms with Gasteiger partial charge in [-0.2, -0.15) is 13.2 Å². The van der Waals surface area contributed by atoms with Gasteiger partial charge in [-0.1, -0.05) is 11.6 Å². The van der Waals surface area contributed by atoms with E-state index in [2.05, 4.69) is 0 Å². The molecule has 0 aliphatic rings. The molecule has 0 amide bonds. The van der Waals surface area contributed by atoms with Gasteiger partial charge in [0.15, 0.2) is 12.3 Å². The number of hydrogen-bond acceptors (Lipinski definition) is 3. The number of ether oxygens (including phenoxy) is 1. The summed E-state index contributed by atoms with van der Waals surface area (Å²) in [6, 6.07) is 5.90. The molecule has 1 heterocycles. The number of halogens is 4. The van der Waals surface area contributed by atoms with E-state index < -0.39 is 35.4 Å². The third kappa shape index (κ3) is 3.33. The number of aromatic amines is 1. The molecule has 9 heteroatoms. The van der Waals surface area contributed by atoms with Crippen LogP contribution in [-0.2, 0) is 13.2 Å². The molecule has 0 fully saturated rings. The van der Waals surface area contributed by atoms with Crippen LogP contribution in [0.15, 0.2) is 29.1 Å². The lowest BCUT2D eigenvalue weighted by Crippen LogP contribution is -2.24. The van der Waals surface area contributed by atoms with E-state index in [1.165, 1.54) is 24.3 Å². The molecule has 0 atom stereocenters. The first-order chi connectivity index (χ1) is 10.2. The largest absolute Gasteiger partial charge is 0.485 e. The number of carbonyl (C=O) groups is 1. The molecule has 0 spiro atoms. The van der Waals surface area contributed by atoms with Gasteiger partial charge in [0.1, 0.15) is 11.3 Å². The highest BCUT2D eigenvalue weighted by Crippen LogP contribution is 2.29. The van der Waals surface area contributed by atoms with E-state index in [1.807, 2.05) is 5.10 Å². The Morgan fingerprint density at radius 3 is 2.45 bits per heavy atom. The zero-order chi connectivity index (χ0) is 16.5. The van der Waals surface area contributed by atoms with Crippen molar-refractivity contribution in [1.82, 2.24) is 9.78 Å². The van der Waals surface area contributed by atoms with Crippen LogP contribution in [0, 0.1) is 0 Å². The molecule has 0 saturated heterocycles. The first kappa shape index (κ1) is 16.2. The van der Waals surface area contributed by atoms with Gasteiger partial charge in [-0.25, -0.2) is 0 Å². The number of nitrogens with zero attached hydrogens (tertiary/aromatic N) is 1. The van der Waals surface area contributed by atoms with Gasteiger partial charge >= 0.3 is 6.18 Å². The lowest BCUT2D eigenvalue weighted by Gasteiger charge is -2.07. The highest BCUT2D eigenvalue weighted by molar-refractivity contribution is 6.30. The van der Waals surface area contributed by atoms with Crippen LogP contribution < -0.4 is 10.3 Å². The van der Waals surface area contributed by atoms with Gasteiger partial charge in [0, 0.05) is 12.1 Å². The molecule has 0 aliphatic heterocycles. The lowest BCUT2D eigenvalue weighted by molar-refractivity contribution is -0.141. The van der Waals surface area contributed by atoms with Crippen LogP contribution in [0.1, 0.15) is 16.1 Å². The number of carbonyl (C=O) groups excluding carboxylic acids is 1. The van der Waals surface area contributed by atoms with Crippen molar-refractivity contribution in [3.63, 3.8) is 0 Å². The zero-order valence-corrected chi connectivity index (χ0v) is 12.0. The van der Waals surface area contributed by atoms with E-state index in [0.717, 1.165) is 7.05 Å². The highest BCUT2D eigenvalue weighted by atomic mass is 35.5. The van der Waals surface area contributed by atoms with Crippen molar-refractivity contribution in [2.45, 2.75) is 6.18 Å². The molecule has 0 aliphatic carbocycles. The number of H-pyrrole nitrogens is 1. The average molecular weight is 335 g/mol. The first-order valence-electron chi connectivity index (χ1n) is 5.98. The van der Waals surface area contributed by atoms with Crippen molar-refractivity contribution < 1.29 is 22.7 Å². The maximum atomic E-state index is 12.8. The smallest absolute Gasteiger partial charge is 0.433 e. The van der Waals surface area contributed by atoms with Crippen LogP contribution in [0.4, 0.5) is 13.2 Å². The van der Waals surface area contributed by atoms with Gasteiger partial charge in [-0.15, -0.1) is 0 Å². The molecule has 5 nitrogen and oxygen atoms in total. The van der Waals surface area contributed by atoms with Gasteiger partial charge in [0.05, 0.1) is 0 Å². The van der Waals surface area contributed by atoms with Crippen LogP contribution >= 0.6 is 11.6 Å². The fourth-order valence-electron chi connectivity index (χ4n) is 1.76. The van der Waals surface area contributed by atoms with E-state index in [9.17, 15) is 22.8 Å². The Bertz CT molecular complexity index is 747. The minimum atomic E-state index is -4.84. The second-order valence-corrected chi connectivity index (χ2v) is 4.83. The molecule has 1 N–H and O–H groups in total. The predicted molar refractivity (Wildman–Crippen MR) is 72.3 cm³/mol. The number of hydrogen-bond donors (Lipinski definition) is 1. The van der Waals surface area contributed by atoms with E-state index in [1.54, 1.807) is 0 Å². The molecule has 0 bridgehead atoms. The molecule has 1 aromatic heterocycles. The summed E-state index contributed by atoms with van der Waals surface area (Å²) in [6.45, 7) is -0.697. The van der Waals surface area contributed by atoms with Gasteiger partial charge in [-0.3, -0.25) is 19.4 Å². The van der Waals surface area contributed by atoms with Gasteiger partial charge < -0.3 is 4.74 Å². The summed E-state index contributed by atoms with van der Waals surface area (Å²) in [4.78, 5) is 23.6. The molecule has 118 valence electrons. The molecule has 2 aromatic rings. The number of ketones is 1. The molecular weight excluding hydrogens is 325 g/mol. The summed E-state index contributed by atoms with van der Waals surface area (Å²) < 4.78 is 44.1. The van der Waals surface area contributed by atoms with Crippen molar-refractivity contribution in [2.75, 3.05) is 6.61 Å². The molecule has 22 heavy (non-hydrogen) atoms. The summed E-state index contributed by atoms with van der Waals surface area (Å²) in [7, 11) is 1.09. The number of aromatic nitrogens is 2. The Balaban J connectivity index is 2.23. The Labute approximate surface area is 127 Å². The second kappa shape index (κ2) is 5.88. The standard InChI is InChI=1S/C13H10ClF3N2O3/c1-19-12(21)10(11(18-19)13(15,16)17)9(20)6-22-8-4-2-7(14)3-5-8/h2-5,18H,6H2,1H3. The quantitative estimate of drug-likeness (QED) is 0.874. The van der Waals surface area contributed by atoms with Gasteiger partial charge in [0.2, 0.25) is 5.78 Å². The lowest BCUT2D eigenvalue weighted by atomic mass is 10.1. The maximum absolute atomic E-state index is 12.8. The Morgan fingerprint density at radius 1 is 1.32 bits per heavy atom. The average Bonchev–Trinajstić information content (AvgIpc) is 2.74. The van der Waals surface area contributed by atoms with Crippen LogP contribution in [0.5, 0.6) is 5.75 Å². The summed E-state index contributed by atoms with van der Waals surface area (Å²) >= 11 is 5.67. The summed E-state index contributed by atoms with van der Waals surface area (Å²) in [6.07, 6.45) is -4.84.